The first-order valence-corrected chi connectivity index (χ1v) is 16.1. The topological polar surface area (TPSA) is 135 Å². The largest absolute Gasteiger partial charge is 0.497 e. The van der Waals surface area contributed by atoms with Crippen molar-refractivity contribution in [3.63, 3.8) is 0 Å². The molecule has 0 aromatic heterocycles. The van der Waals surface area contributed by atoms with Crippen LogP contribution in [0.5, 0.6) is 5.75 Å². The molecule has 2 fully saturated rings. The van der Waals surface area contributed by atoms with Crippen LogP contribution in [0.15, 0.2) is 78.9 Å². The van der Waals surface area contributed by atoms with Crippen LogP contribution in [-0.2, 0) is 28.7 Å². The first-order valence-electron chi connectivity index (χ1n) is 16.1. The molecular weight excluding hydrogens is 602 g/mol. The molecule has 1 spiro atoms. The summed E-state index contributed by atoms with van der Waals surface area (Å²) in [6.45, 7) is 3.57. The number of ether oxygens (including phenoxy) is 3. The second-order valence-electron chi connectivity index (χ2n) is 12.7. The number of amides is 3. The number of hydrogen-bond donors (Lipinski definition) is 2. The number of allylic oxidation sites excluding steroid dienone is 1. The van der Waals surface area contributed by atoms with Gasteiger partial charge in [0.1, 0.15) is 29.4 Å². The first kappa shape index (κ1) is 32.5. The smallest absolute Gasteiger partial charge is 0.313 e. The quantitative estimate of drug-likeness (QED) is 0.363. The molecular formula is C36H41N3O8. The maximum absolute atomic E-state index is 14.9. The number of fused-ring (bicyclic) bond motifs is 2. The Morgan fingerprint density at radius 1 is 1.02 bits per heavy atom. The number of nitrogens with zero attached hydrogens (tertiary/aromatic N) is 2. The van der Waals surface area contributed by atoms with Crippen LogP contribution in [0.25, 0.3) is 0 Å². The van der Waals surface area contributed by atoms with Gasteiger partial charge < -0.3 is 34.4 Å². The molecule has 2 N–H and O–H groups in total. The van der Waals surface area contributed by atoms with E-state index in [1.165, 1.54) is 4.90 Å². The fourth-order valence-electron chi connectivity index (χ4n) is 7.29. The summed E-state index contributed by atoms with van der Waals surface area (Å²) in [7, 11) is 1.56. The molecule has 0 unspecified atom stereocenters. The van der Waals surface area contributed by atoms with Crippen molar-refractivity contribution in [1.82, 2.24) is 10.2 Å². The van der Waals surface area contributed by atoms with Gasteiger partial charge in [0.15, 0.2) is 0 Å². The third-order valence-corrected chi connectivity index (χ3v) is 9.69. The predicted molar refractivity (Wildman–Crippen MR) is 172 cm³/mol. The van der Waals surface area contributed by atoms with Crippen molar-refractivity contribution in [3.05, 3.63) is 84.5 Å². The van der Waals surface area contributed by atoms with Gasteiger partial charge in [-0.25, -0.2) is 0 Å². The summed E-state index contributed by atoms with van der Waals surface area (Å²) >= 11 is 0. The van der Waals surface area contributed by atoms with Crippen LogP contribution in [0.1, 0.15) is 38.4 Å². The Morgan fingerprint density at radius 3 is 2.45 bits per heavy atom. The molecule has 4 heterocycles. The zero-order chi connectivity index (χ0) is 33.3. The second-order valence-corrected chi connectivity index (χ2v) is 12.7. The van der Waals surface area contributed by atoms with Gasteiger partial charge in [0.2, 0.25) is 11.8 Å². The molecule has 11 nitrogen and oxygen atoms in total. The number of aliphatic hydroxyl groups excluding tert-OH is 1. The molecule has 2 saturated heterocycles. The number of hydrogen-bond acceptors (Lipinski definition) is 8. The van der Waals surface area contributed by atoms with Crippen LogP contribution in [0.2, 0.25) is 0 Å². The van der Waals surface area contributed by atoms with Crippen molar-refractivity contribution in [3.8, 4) is 5.75 Å². The molecule has 47 heavy (non-hydrogen) atoms. The van der Waals surface area contributed by atoms with Crippen LogP contribution >= 0.6 is 0 Å². The number of carbonyl (C=O) groups is 4. The zero-order valence-electron chi connectivity index (χ0n) is 26.8. The third-order valence-electron chi connectivity index (χ3n) is 9.69. The maximum atomic E-state index is 14.9. The Morgan fingerprint density at radius 2 is 1.77 bits per heavy atom. The van der Waals surface area contributed by atoms with Crippen molar-refractivity contribution >= 4 is 29.4 Å². The molecule has 5 bridgehead atoms. The molecule has 6 rings (SSSR count). The number of rotatable bonds is 6. The summed E-state index contributed by atoms with van der Waals surface area (Å²) in [6.07, 6.45) is 6.15. The monoisotopic (exact) mass is 643 g/mol. The molecule has 248 valence electrons. The number of esters is 1. The van der Waals surface area contributed by atoms with Crippen molar-refractivity contribution < 1.29 is 38.5 Å². The second kappa shape index (κ2) is 13.3. The van der Waals surface area contributed by atoms with E-state index in [0.29, 0.717) is 23.4 Å². The normalized spacial score (nSPS) is 30.7. The standard InChI is InChI=1S/C36H41N3O8/c1-22(2)26(21-40)39-32-34(43)38(24-13-15-25(45-3)16-14-24)19-9-5-8-12-29(41)37-20-28(23-10-6-4-7-11-23)46-35(44)30-27-17-18-36(32,47-27)31(30)33(39)42/h4-7,9-11,13-18,22,26-28,30-32,40H,8,12,19-21H2,1-3H3,(H,37,41)/b9-5-/t26-,27+,28+,30-,31-,32+,36-/m0/s1. The molecule has 7 atom stereocenters. The summed E-state index contributed by atoms with van der Waals surface area (Å²) in [5, 5.41) is 13.5. The first-order chi connectivity index (χ1) is 22.7. The van der Waals surface area contributed by atoms with Gasteiger partial charge in [-0.05, 0) is 42.2 Å². The molecule has 2 aromatic carbocycles. The number of anilines is 1. The number of carbonyl (C=O) groups excluding carboxylic acids is 4. The highest BCUT2D eigenvalue weighted by Gasteiger charge is 2.74. The fourth-order valence-corrected chi connectivity index (χ4v) is 7.29. The van der Waals surface area contributed by atoms with E-state index in [0.717, 1.165) is 0 Å². The average Bonchev–Trinajstić information content (AvgIpc) is 3.72. The predicted octanol–water partition coefficient (Wildman–Crippen LogP) is 2.95. The van der Waals surface area contributed by atoms with E-state index < -0.39 is 59.5 Å². The Kier molecular flexibility index (Phi) is 9.20. The van der Waals surface area contributed by atoms with E-state index in [4.69, 9.17) is 14.2 Å². The van der Waals surface area contributed by atoms with Crippen molar-refractivity contribution in [2.45, 2.75) is 56.6 Å². The van der Waals surface area contributed by atoms with E-state index in [1.54, 1.807) is 48.4 Å². The molecule has 0 radical (unpaired) electrons. The number of likely N-dealkylation sites (tertiary alicyclic amines) is 1. The van der Waals surface area contributed by atoms with E-state index in [9.17, 15) is 24.3 Å². The minimum absolute atomic E-state index is 0.0502. The minimum atomic E-state index is -1.45. The van der Waals surface area contributed by atoms with Gasteiger partial charge in [0.05, 0.1) is 38.3 Å². The van der Waals surface area contributed by atoms with Gasteiger partial charge in [-0.3, -0.25) is 19.2 Å². The third kappa shape index (κ3) is 5.82. The highest BCUT2D eigenvalue weighted by molar-refractivity contribution is 6.05. The highest BCUT2D eigenvalue weighted by Crippen LogP contribution is 2.56. The van der Waals surface area contributed by atoms with Gasteiger partial charge >= 0.3 is 5.97 Å². The lowest BCUT2D eigenvalue weighted by Crippen LogP contribution is -2.59. The molecule has 4 aliphatic heterocycles. The van der Waals surface area contributed by atoms with E-state index in [-0.39, 0.29) is 37.9 Å². The van der Waals surface area contributed by atoms with Crippen LogP contribution in [0, 0.1) is 17.8 Å². The van der Waals surface area contributed by atoms with Gasteiger partial charge in [0.25, 0.3) is 5.91 Å². The van der Waals surface area contributed by atoms with Gasteiger partial charge in [-0.2, -0.15) is 0 Å². The number of benzene rings is 2. The van der Waals surface area contributed by atoms with Crippen LogP contribution in [0.3, 0.4) is 0 Å². The number of methoxy groups -OCH3 is 1. The summed E-state index contributed by atoms with van der Waals surface area (Å²) in [5.74, 6) is -3.41. The summed E-state index contributed by atoms with van der Waals surface area (Å²) in [4.78, 5) is 59.4. The van der Waals surface area contributed by atoms with Crippen LogP contribution in [-0.4, -0.2) is 84.3 Å². The molecule has 0 saturated carbocycles. The Hall–Kier alpha value is -4.48. The number of nitrogens with one attached hydrogen (secondary N) is 1. The Labute approximate surface area is 274 Å². The van der Waals surface area contributed by atoms with Gasteiger partial charge in [-0.1, -0.05) is 68.5 Å². The van der Waals surface area contributed by atoms with E-state index in [1.807, 2.05) is 56.3 Å². The molecule has 3 amide bonds. The lowest BCUT2D eigenvalue weighted by molar-refractivity contribution is -0.160. The average molecular weight is 644 g/mol. The summed E-state index contributed by atoms with van der Waals surface area (Å²) in [6, 6.07) is 14.2. The number of aliphatic hydroxyl groups is 1. The molecule has 0 aliphatic carbocycles. The maximum Gasteiger partial charge on any atom is 0.313 e. The lowest BCUT2D eigenvalue weighted by atomic mass is 9.74. The van der Waals surface area contributed by atoms with Crippen molar-refractivity contribution in [2.75, 3.05) is 31.7 Å². The Bertz CT molecular complexity index is 1560. The lowest BCUT2D eigenvalue weighted by Gasteiger charge is -2.40. The van der Waals surface area contributed by atoms with E-state index in [2.05, 4.69) is 5.32 Å². The Balaban J connectivity index is 1.46. The van der Waals surface area contributed by atoms with Gasteiger partial charge in [0, 0.05) is 18.7 Å². The van der Waals surface area contributed by atoms with Gasteiger partial charge in [-0.15, -0.1) is 0 Å². The van der Waals surface area contributed by atoms with E-state index >= 15 is 0 Å². The van der Waals surface area contributed by atoms with Crippen LogP contribution < -0.4 is 15.0 Å². The van der Waals surface area contributed by atoms with Crippen molar-refractivity contribution in [2.24, 2.45) is 17.8 Å². The highest BCUT2D eigenvalue weighted by atomic mass is 16.6. The molecule has 2 aromatic rings. The zero-order valence-corrected chi connectivity index (χ0v) is 26.8. The molecule has 11 heteroatoms. The number of cyclic esters (lactones) is 1. The summed E-state index contributed by atoms with van der Waals surface area (Å²) in [5.41, 5.74) is -0.202. The minimum Gasteiger partial charge on any atom is -0.497 e. The fraction of sp³-hybridized carbons (Fsp3) is 0.444. The van der Waals surface area contributed by atoms with Crippen molar-refractivity contribution in [1.29, 1.82) is 0 Å². The summed E-state index contributed by atoms with van der Waals surface area (Å²) < 4.78 is 18.0. The SMILES string of the molecule is COc1ccc(N2C/C=C\CCC(=O)NC[C@H](c3ccccc3)OC(=O)[C@@H]3[C@H]4C(=O)N([C@@H](CO)C(C)C)[C@H](C2=O)[C@]42C=C[C@H]3O2)cc1. The van der Waals surface area contributed by atoms with Crippen LogP contribution in [0.4, 0.5) is 5.69 Å². The molecule has 4 aliphatic rings.